The van der Waals surface area contributed by atoms with Gasteiger partial charge in [-0.1, -0.05) is 0 Å². The molecule has 102 valence electrons. The third-order valence-corrected chi connectivity index (χ3v) is 3.92. The standard InChI is InChI=1S/C12H22N4O2/c1-9-2-3-10(11(13)17)8-16(9)12(18)15-6-4-14-5-7-15/h9-10,14H,2-8H2,1H3,(H2,13,17). The zero-order valence-electron chi connectivity index (χ0n) is 10.9. The Morgan fingerprint density at radius 3 is 2.50 bits per heavy atom. The number of likely N-dealkylation sites (tertiary alicyclic amines) is 1. The molecule has 2 atom stereocenters. The number of carbonyl (C=O) groups excluding carboxylic acids is 2. The Labute approximate surface area is 107 Å². The van der Waals surface area contributed by atoms with Gasteiger partial charge in [-0.25, -0.2) is 4.79 Å². The number of carbonyl (C=O) groups is 2. The van der Waals surface area contributed by atoms with Gasteiger partial charge in [0.15, 0.2) is 0 Å². The number of hydrogen-bond donors (Lipinski definition) is 2. The number of hydrogen-bond acceptors (Lipinski definition) is 3. The van der Waals surface area contributed by atoms with Crippen LogP contribution >= 0.6 is 0 Å². The van der Waals surface area contributed by atoms with Gasteiger partial charge in [0.05, 0.1) is 5.92 Å². The highest BCUT2D eigenvalue weighted by Crippen LogP contribution is 2.23. The van der Waals surface area contributed by atoms with Crippen molar-refractivity contribution in [3.8, 4) is 0 Å². The van der Waals surface area contributed by atoms with E-state index >= 15 is 0 Å². The van der Waals surface area contributed by atoms with E-state index in [1.807, 2.05) is 16.7 Å². The summed E-state index contributed by atoms with van der Waals surface area (Å²) in [5, 5.41) is 3.22. The van der Waals surface area contributed by atoms with Crippen LogP contribution in [-0.4, -0.2) is 60.5 Å². The van der Waals surface area contributed by atoms with Crippen LogP contribution in [0.2, 0.25) is 0 Å². The van der Waals surface area contributed by atoms with Gasteiger partial charge < -0.3 is 20.9 Å². The predicted molar refractivity (Wildman–Crippen MR) is 67.9 cm³/mol. The van der Waals surface area contributed by atoms with E-state index < -0.39 is 0 Å². The molecule has 2 aliphatic rings. The molecule has 3 amide bonds. The molecular weight excluding hydrogens is 232 g/mol. The highest BCUT2D eigenvalue weighted by molar-refractivity contribution is 5.79. The monoisotopic (exact) mass is 254 g/mol. The molecule has 2 rings (SSSR count). The number of nitrogens with zero attached hydrogens (tertiary/aromatic N) is 2. The summed E-state index contributed by atoms with van der Waals surface area (Å²) in [6.07, 6.45) is 1.65. The highest BCUT2D eigenvalue weighted by atomic mass is 16.2. The lowest BCUT2D eigenvalue weighted by Gasteiger charge is -2.40. The van der Waals surface area contributed by atoms with Crippen molar-refractivity contribution in [2.24, 2.45) is 11.7 Å². The molecule has 3 N–H and O–H groups in total. The number of amides is 3. The molecule has 2 fully saturated rings. The first kappa shape index (κ1) is 13.1. The number of piperazine rings is 1. The summed E-state index contributed by atoms with van der Waals surface area (Å²) in [4.78, 5) is 27.3. The largest absolute Gasteiger partial charge is 0.369 e. The first-order valence-electron chi connectivity index (χ1n) is 6.65. The molecule has 0 aromatic heterocycles. The summed E-state index contributed by atoms with van der Waals surface area (Å²) >= 11 is 0. The van der Waals surface area contributed by atoms with E-state index in [1.54, 1.807) is 0 Å². The minimum absolute atomic E-state index is 0.0509. The smallest absolute Gasteiger partial charge is 0.320 e. The van der Waals surface area contributed by atoms with Gasteiger partial charge in [0.2, 0.25) is 5.91 Å². The molecule has 0 bridgehead atoms. The topological polar surface area (TPSA) is 78.7 Å². The number of urea groups is 1. The van der Waals surface area contributed by atoms with Crippen molar-refractivity contribution in [2.75, 3.05) is 32.7 Å². The van der Waals surface area contributed by atoms with Crippen molar-refractivity contribution in [3.63, 3.8) is 0 Å². The Kier molecular flexibility index (Phi) is 4.06. The van der Waals surface area contributed by atoms with Crippen LogP contribution in [0, 0.1) is 5.92 Å². The van der Waals surface area contributed by atoms with Crippen molar-refractivity contribution in [1.29, 1.82) is 0 Å². The number of piperidine rings is 1. The van der Waals surface area contributed by atoms with E-state index in [-0.39, 0.29) is 23.9 Å². The molecule has 2 saturated heterocycles. The van der Waals surface area contributed by atoms with Crippen molar-refractivity contribution in [3.05, 3.63) is 0 Å². The Morgan fingerprint density at radius 1 is 1.22 bits per heavy atom. The van der Waals surface area contributed by atoms with Crippen molar-refractivity contribution in [1.82, 2.24) is 15.1 Å². The number of nitrogens with one attached hydrogen (secondary N) is 1. The molecule has 2 aliphatic heterocycles. The van der Waals surface area contributed by atoms with Crippen LogP contribution in [0.4, 0.5) is 4.79 Å². The van der Waals surface area contributed by atoms with Crippen LogP contribution in [0.5, 0.6) is 0 Å². The number of nitrogens with two attached hydrogens (primary N) is 1. The molecule has 2 heterocycles. The normalized spacial score (nSPS) is 29.2. The van der Waals surface area contributed by atoms with Gasteiger partial charge in [-0.15, -0.1) is 0 Å². The van der Waals surface area contributed by atoms with E-state index in [4.69, 9.17) is 5.73 Å². The predicted octanol–water partition coefficient (Wildman–Crippen LogP) is -0.403. The molecule has 18 heavy (non-hydrogen) atoms. The van der Waals surface area contributed by atoms with Crippen molar-refractivity contribution in [2.45, 2.75) is 25.8 Å². The first-order chi connectivity index (χ1) is 8.59. The summed E-state index contributed by atoms with van der Waals surface area (Å²) in [6, 6.07) is 0.248. The van der Waals surface area contributed by atoms with E-state index in [1.165, 1.54) is 0 Å². The molecule has 2 unspecified atom stereocenters. The second-order valence-corrected chi connectivity index (χ2v) is 5.20. The molecule has 6 heteroatoms. The molecule has 0 aromatic carbocycles. The maximum atomic E-state index is 12.4. The van der Waals surface area contributed by atoms with Crippen LogP contribution in [-0.2, 0) is 4.79 Å². The maximum Gasteiger partial charge on any atom is 0.320 e. The fourth-order valence-corrected chi connectivity index (χ4v) is 2.64. The lowest BCUT2D eigenvalue weighted by atomic mass is 9.93. The second kappa shape index (κ2) is 5.56. The van der Waals surface area contributed by atoms with Crippen LogP contribution in [0.15, 0.2) is 0 Å². The van der Waals surface area contributed by atoms with E-state index in [2.05, 4.69) is 5.32 Å². The average molecular weight is 254 g/mol. The number of rotatable bonds is 1. The van der Waals surface area contributed by atoms with Gasteiger partial charge in [-0.2, -0.15) is 0 Å². The fraction of sp³-hybridized carbons (Fsp3) is 0.833. The molecule has 0 aromatic rings. The highest BCUT2D eigenvalue weighted by Gasteiger charge is 2.33. The fourth-order valence-electron chi connectivity index (χ4n) is 2.64. The second-order valence-electron chi connectivity index (χ2n) is 5.20. The minimum Gasteiger partial charge on any atom is -0.369 e. The van der Waals surface area contributed by atoms with Crippen LogP contribution < -0.4 is 11.1 Å². The lowest BCUT2D eigenvalue weighted by molar-refractivity contribution is -0.123. The summed E-state index contributed by atoms with van der Waals surface area (Å²) in [7, 11) is 0. The Bertz CT molecular complexity index is 328. The van der Waals surface area contributed by atoms with Crippen LogP contribution in [0.25, 0.3) is 0 Å². The van der Waals surface area contributed by atoms with E-state index in [9.17, 15) is 9.59 Å². The third-order valence-electron chi connectivity index (χ3n) is 3.92. The van der Waals surface area contributed by atoms with Crippen LogP contribution in [0.1, 0.15) is 19.8 Å². The molecule has 0 spiro atoms. The van der Waals surface area contributed by atoms with Crippen molar-refractivity contribution >= 4 is 11.9 Å². The zero-order chi connectivity index (χ0) is 13.1. The van der Waals surface area contributed by atoms with Crippen molar-refractivity contribution < 1.29 is 9.59 Å². The molecule has 6 nitrogen and oxygen atoms in total. The Balaban J connectivity index is 2.00. The summed E-state index contributed by atoms with van der Waals surface area (Å²) in [5.41, 5.74) is 5.35. The summed E-state index contributed by atoms with van der Waals surface area (Å²) in [6.45, 7) is 5.67. The van der Waals surface area contributed by atoms with Gasteiger partial charge in [0.1, 0.15) is 0 Å². The Hall–Kier alpha value is -1.30. The summed E-state index contributed by atoms with van der Waals surface area (Å²) in [5.74, 6) is -0.479. The first-order valence-corrected chi connectivity index (χ1v) is 6.65. The molecule has 0 aliphatic carbocycles. The summed E-state index contributed by atoms with van der Waals surface area (Å²) < 4.78 is 0. The Morgan fingerprint density at radius 2 is 1.89 bits per heavy atom. The van der Waals surface area contributed by atoms with Gasteiger partial charge in [-0.05, 0) is 19.8 Å². The zero-order valence-corrected chi connectivity index (χ0v) is 10.9. The molecular formula is C12H22N4O2. The molecule has 0 saturated carbocycles. The quantitative estimate of drug-likeness (QED) is 0.668. The number of primary amides is 1. The maximum absolute atomic E-state index is 12.4. The van der Waals surface area contributed by atoms with Crippen LogP contribution in [0.3, 0.4) is 0 Å². The van der Waals surface area contributed by atoms with E-state index in [0.29, 0.717) is 6.54 Å². The van der Waals surface area contributed by atoms with Gasteiger partial charge >= 0.3 is 6.03 Å². The average Bonchev–Trinajstić information content (AvgIpc) is 2.39. The van der Waals surface area contributed by atoms with E-state index in [0.717, 1.165) is 39.0 Å². The minimum atomic E-state index is -0.292. The third kappa shape index (κ3) is 2.75. The van der Waals surface area contributed by atoms with Gasteiger partial charge in [-0.3, -0.25) is 4.79 Å². The van der Waals surface area contributed by atoms with Gasteiger partial charge in [0.25, 0.3) is 0 Å². The molecule has 0 radical (unpaired) electrons. The van der Waals surface area contributed by atoms with Gasteiger partial charge in [0, 0.05) is 38.8 Å². The lowest BCUT2D eigenvalue weighted by Crippen LogP contribution is -2.56. The SMILES string of the molecule is CC1CCC(C(N)=O)CN1C(=O)N1CCNCC1.